The van der Waals surface area contributed by atoms with Crippen LogP contribution in [0.2, 0.25) is 0 Å². The van der Waals surface area contributed by atoms with Crippen LogP contribution in [0.25, 0.3) is 22.5 Å². The van der Waals surface area contributed by atoms with E-state index in [1.165, 1.54) is 5.56 Å². The summed E-state index contributed by atoms with van der Waals surface area (Å²) in [6.45, 7) is 1.17. The van der Waals surface area contributed by atoms with Crippen LogP contribution in [0.3, 0.4) is 0 Å². The van der Waals surface area contributed by atoms with Gasteiger partial charge in [-0.05, 0) is 41.0 Å². The largest absolute Gasteiger partial charge is 0.508 e. The van der Waals surface area contributed by atoms with E-state index in [1.807, 2.05) is 18.2 Å². The van der Waals surface area contributed by atoms with Gasteiger partial charge in [0.25, 0.3) is 0 Å². The van der Waals surface area contributed by atoms with Gasteiger partial charge in [-0.2, -0.15) is 18.2 Å². The normalized spacial score (nSPS) is 10.9. The van der Waals surface area contributed by atoms with Crippen LogP contribution in [0.1, 0.15) is 11.5 Å². The summed E-state index contributed by atoms with van der Waals surface area (Å²) in [5.74, 6) is -1.62. The maximum absolute atomic E-state index is 10.6. The molecule has 0 saturated carbocycles. The van der Waals surface area contributed by atoms with Crippen molar-refractivity contribution in [3.8, 4) is 28.3 Å². The summed E-state index contributed by atoms with van der Waals surface area (Å²) in [5.41, 5.74) is 4.20. The zero-order chi connectivity index (χ0) is 24.6. The van der Waals surface area contributed by atoms with E-state index in [9.17, 15) is 18.3 Å². The van der Waals surface area contributed by atoms with E-state index in [1.54, 1.807) is 30.6 Å². The van der Waals surface area contributed by atoms with Gasteiger partial charge in [0.05, 0.1) is 6.54 Å². The SMILES string of the molecule is O=C(O)C(F)(F)F.Oc1cccc(-c2noc(CNCc3ccc(-c4ccncc4)cc3)n2)c1. The second kappa shape index (κ2) is 11.1. The smallest absolute Gasteiger partial charge is 0.490 e. The topological polar surface area (TPSA) is 121 Å². The van der Waals surface area contributed by atoms with Crippen LogP contribution in [0.4, 0.5) is 13.2 Å². The van der Waals surface area contributed by atoms with E-state index in [-0.39, 0.29) is 5.75 Å². The first-order chi connectivity index (χ1) is 16.2. The summed E-state index contributed by atoms with van der Waals surface area (Å²) in [7, 11) is 0. The molecule has 0 aliphatic heterocycles. The number of alkyl halides is 3. The van der Waals surface area contributed by atoms with Crippen LogP contribution in [-0.4, -0.2) is 37.5 Å². The lowest BCUT2D eigenvalue weighted by molar-refractivity contribution is -0.192. The van der Waals surface area contributed by atoms with Crippen molar-refractivity contribution < 1.29 is 32.7 Å². The molecule has 176 valence electrons. The lowest BCUT2D eigenvalue weighted by atomic mass is 10.1. The highest BCUT2D eigenvalue weighted by Crippen LogP contribution is 2.21. The molecular weight excluding hydrogens is 453 g/mol. The molecule has 0 aliphatic rings. The molecule has 2 aromatic heterocycles. The highest BCUT2D eigenvalue weighted by molar-refractivity contribution is 5.73. The number of carboxylic acid groups (broad SMARTS) is 1. The Balaban J connectivity index is 0.000000406. The molecule has 0 aliphatic carbocycles. The number of nitrogens with zero attached hydrogens (tertiary/aromatic N) is 3. The molecule has 3 N–H and O–H groups in total. The number of phenolic OH excluding ortho intramolecular Hbond substituents is 1. The van der Waals surface area contributed by atoms with Gasteiger partial charge >= 0.3 is 12.1 Å². The van der Waals surface area contributed by atoms with E-state index in [0.29, 0.717) is 24.8 Å². The number of hydrogen-bond acceptors (Lipinski definition) is 7. The van der Waals surface area contributed by atoms with Crippen molar-refractivity contribution in [2.75, 3.05) is 0 Å². The third-order valence-corrected chi connectivity index (χ3v) is 4.39. The number of carboxylic acids is 1. The lowest BCUT2D eigenvalue weighted by Gasteiger charge is -2.05. The van der Waals surface area contributed by atoms with E-state index < -0.39 is 12.1 Å². The maximum atomic E-state index is 10.6. The van der Waals surface area contributed by atoms with Gasteiger partial charge in [-0.1, -0.05) is 41.6 Å². The van der Waals surface area contributed by atoms with Gasteiger partial charge < -0.3 is 20.1 Å². The van der Waals surface area contributed by atoms with Crippen LogP contribution in [-0.2, 0) is 17.9 Å². The summed E-state index contributed by atoms with van der Waals surface area (Å²) in [6, 6.07) is 19.1. The Bertz CT molecular complexity index is 1210. The van der Waals surface area contributed by atoms with Gasteiger partial charge in [-0.25, -0.2) is 4.79 Å². The van der Waals surface area contributed by atoms with E-state index in [4.69, 9.17) is 14.4 Å². The Morgan fingerprint density at radius 3 is 2.21 bits per heavy atom. The molecule has 0 amide bonds. The molecule has 11 heteroatoms. The Hall–Kier alpha value is -4.25. The highest BCUT2D eigenvalue weighted by atomic mass is 19.4. The predicted octanol–water partition coefficient (Wildman–Crippen LogP) is 4.43. The third-order valence-electron chi connectivity index (χ3n) is 4.39. The average molecular weight is 472 g/mol. The molecule has 4 rings (SSSR count). The summed E-state index contributed by atoms with van der Waals surface area (Å²) >= 11 is 0. The zero-order valence-corrected chi connectivity index (χ0v) is 17.5. The molecule has 2 aromatic carbocycles. The predicted molar refractivity (Wildman–Crippen MR) is 115 cm³/mol. The summed E-state index contributed by atoms with van der Waals surface area (Å²) in [4.78, 5) is 17.3. The molecule has 0 atom stereocenters. The van der Waals surface area contributed by atoms with E-state index >= 15 is 0 Å². The fourth-order valence-corrected chi connectivity index (χ4v) is 2.76. The van der Waals surface area contributed by atoms with Crippen molar-refractivity contribution in [2.24, 2.45) is 0 Å². The fourth-order valence-electron chi connectivity index (χ4n) is 2.76. The first-order valence-corrected chi connectivity index (χ1v) is 9.84. The summed E-state index contributed by atoms with van der Waals surface area (Å²) in [5, 5.41) is 23.9. The van der Waals surface area contributed by atoms with Crippen LogP contribution in [0.15, 0.2) is 77.6 Å². The second-order valence-corrected chi connectivity index (χ2v) is 6.90. The molecule has 0 fully saturated rings. The van der Waals surface area contributed by atoms with Gasteiger partial charge in [0.2, 0.25) is 11.7 Å². The van der Waals surface area contributed by atoms with Crippen molar-refractivity contribution in [2.45, 2.75) is 19.3 Å². The fraction of sp³-hybridized carbons (Fsp3) is 0.130. The Kier molecular flexibility index (Phi) is 7.93. The van der Waals surface area contributed by atoms with Crippen LogP contribution >= 0.6 is 0 Å². The molecule has 8 nitrogen and oxygen atoms in total. The summed E-state index contributed by atoms with van der Waals surface area (Å²) in [6.07, 6.45) is -1.50. The number of halogens is 3. The summed E-state index contributed by atoms with van der Waals surface area (Å²) < 4.78 is 37.0. The second-order valence-electron chi connectivity index (χ2n) is 6.90. The number of rotatable bonds is 6. The number of nitrogens with one attached hydrogen (secondary N) is 1. The third kappa shape index (κ3) is 7.14. The number of hydrogen-bond donors (Lipinski definition) is 3. The lowest BCUT2D eigenvalue weighted by Crippen LogP contribution is -2.21. The average Bonchev–Trinajstić information content (AvgIpc) is 3.29. The number of aromatic nitrogens is 3. The number of carbonyl (C=O) groups is 1. The van der Waals surface area contributed by atoms with Crippen molar-refractivity contribution in [1.29, 1.82) is 0 Å². The minimum atomic E-state index is -5.08. The van der Waals surface area contributed by atoms with Crippen molar-refractivity contribution in [1.82, 2.24) is 20.4 Å². The molecule has 0 radical (unpaired) electrons. The van der Waals surface area contributed by atoms with E-state index in [2.05, 4.69) is 44.7 Å². The van der Waals surface area contributed by atoms with Crippen molar-refractivity contribution in [3.63, 3.8) is 0 Å². The Labute approximate surface area is 191 Å². The number of phenols is 1. The molecule has 34 heavy (non-hydrogen) atoms. The molecule has 2 heterocycles. The Morgan fingerprint density at radius 2 is 1.59 bits per heavy atom. The highest BCUT2D eigenvalue weighted by Gasteiger charge is 2.38. The van der Waals surface area contributed by atoms with Crippen molar-refractivity contribution in [3.05, 3.63) is 84.5 Å². The van der Waals surface area contributed by atoms with Gasteiger partial charge in [0, 0.05) is 24.5 Å². The minimum Gasteiger partial charge on any atom is -0.508 e. The number of benzene rings is 2. The molecule has 0 saturated heterocycles. The van der Waals surface area contributed by atoms with Gasteiger partial charge in [0.1, 0.15) is 5.75 Å². The number of pyridine rings is 1. The molecule has 0 bridgehead atoms. The molecule has 0 spiro atoms. The number of aliphatic carboxylic acids is 1. The van der Waals surface area contributed by atoms with Gasteiger partial charge in [0.15, 0.2) is 0 Å². The van der Waals surface area contributed by atoms with Crippen LogP contribution < -0.4 is 5.32 Å². The quantitative estimate of drug-likeness (QED) is 0.377. The molecule has 0 unspecified atom stereocenters. The zero-order valence-electron chi connectivity index (χ0n) is 17.5. The van der Waals surface area contributed by atoms with Crippen LogP contribution in [0, 0.1) is 0 Å². The first kappa shape index (κ1) is 24.4. The van der Waals surface area contributed by atoms with Crippen molar-refractivity contribution >= 4 is 5.97 Å². The molecule has 4 aromatic rings. The van der Waals surface area contributed by atoms with Gasteiger partial charge in [-0.15, -0.1) is 0 Å². The van der Waals surface area contributed by atoms with Crippen LogP contribution in [0.5, 0.6) is 5.75 Å². The van der Waals surface area contributed by atoms with Gasteiger partial charge in [-0.3, -0.25) is 4.98 Å². The minimum absolute atomic E-state index is 0.173. The molecular formula is C23H19F3N4O4. The maximum Gasteiger partial charge on any atom is 0.490 e. The number of aromatic hydroxyl groups is 1. The monoisotopic (exact) mass is 472 g/mol. The Morgan fingerprint density at radius 1 is 0.941 bits per heavy atom. The first-order valence-electron chi connectivity index (χ1n) is 9.84. The standard InChI is InChI=1S/C21H18N4O2.C2HF3O2/c26-19-3-1-2-18(12-19)21-24-20(27-25-21)14-23-13-15-4-6-16(7-5-15)17-8-10-22-11-9-17;3-2(4,5)1(6)7/h1-12,23,26H,13-14H2;(H,6,7). The van der Waals surface area contributed by atoms with E-state index in [0.717, 1.165) is 16.7 Å².